The standard InChI is InChI=1S/3C12F10N.2C4H8O.U/c3*13-1-3(15)7(19)11(8(20)4(1)16)23-12-9(21)5(17)2(14)6(18)10(12)22;2*1-2-4-5-3-1;/h;;;2*1-4H2;/q3*-1;;;+3. The minimum Gasteiger partial charge on any atom is -0.648 e. The van der Waals surface area contributed by atoms with Crippen LogP contribution < -0.4 is 0 Å². The maximum atomic E-state index is 13.3. The van der Waals surface area contributed by atoms with Crippen molar-refractivity contribution in [1.29, 1.82) is 0 Å². The van der Waals surface area contributed by atoms with E-state index in [1.54, 1.807) is 0 Å². The van der Waals surface area contributed by atoms with Crippen molar-refractivity contribution in [1.82, 2.24) is 0 Å². The Morgan fingerprint density at radius 3 is 0.325 bits per heavy atom. The fraction of sp³-hybridized carbons (Fsp3) is 0.182. The number of ether oxygens (including phenoxy) is 2. The van der Waals surface area contributed by atoms with Gasteiger partial charge in [0.2, 0.25) is 0 Å². The Morgan fingerprint density at radius 2 is 0.250 bits per heavy atom. The van der Waals surface area contributed by atoms with Crippen molar-refractivity contribution in [2.75, 3.05) is 26.4 Å². The van der Waals surface area contributed by atoms with Crippen LogP contribution in [0.3, 0.4) is 0 Å². The fourth-order valence-corrected chi connectivity index (χ4v) is 5.50. The van der Waals surface area contributed by atoms with Crippen LogP contribution in [0.25, 0.3) is 16.0 Å². The number of hydrogen-bond acceptors (Lipinski definition) is 2. The zero-order valence-corrected chi connectivity index (χ0v) is 41.8. The zero-order chi connectivity index (χ0) is 60.0. The molecular formula is C44H16F30N3O2U. The summed E-state index contributed by atoms with van der Waals surface area (Å²) in [6.45, 7) is 4.00. The SMILES string of the molecule is C1CCOC1.C1CCOC1.Fc1c(F)c(F)c([N-]c2c(F)c(F)c(F)c(F)c2F)c(F)c1F.Fc1c(F)c(F)c([N-]c2c(F)c(F)c(F)c(F)c2F)c(F)c1F.Fc1c(F)c(F)c([N-]c2c(F)c(F)c(F)c(F)c2F)c(F)c1F.[U+3]. The molecule has 0 atom stereocenters. The Kier molecular flexibility index (Phi) is 24.0. The quantitative estimate of drug-likeness (QED) is 0.0948. The third-order valence-electron chi connectivity index (χ3n) is 9.45. The minimum atomic E-state index is -2.59. The van der Waals surface area contributed by atoms with Gasteiger partial charge in [-0.15, -0.1) is 0 Å². The molecule has 2 heterocycles. The molecule has 1 radical (unpaired) electrons. The van der Waals surface area contributed by atoms with Gasteiger partial charge in [0.05, 0.1) is 0 Å². The first-order valence-electron chi connectivity index (χ1n) is 20.2. The van der Waals surface area contributed by atoms with Crippen LogP contribution in [-0.4, -0.2) is 26.4 Å². The average molecular weight is 1430 g/mol. The molecule has 2 fully saturated rings. The number of rotatable bonds is 6. The van der Waals surface area contributed by atoms with Crippen molar-refractivity contribution in [2.45, 2.75) is 25.7 Å². The molecule has 2 aliphatic heterocycles. The smallest absolute Gasteiger partial charge is 0.648 e. The van der Waals surface area contributed by atoms with Gasteiger partial charge in [-0.1, -0.05) is 34.1 Å². The second-order valence-corrected chi connectivity index (χ2v) is 14.5. The van der Waals surface area contributed by atoms with Crippen LogP contribution >= 0.6 is 0 Å². The van der Waals surface area contributed by atoms with Crippen molar-refractivity contribution in [2.24, 2.45) is 0 Å². The summed E-state index contributed by atoms with van der Waals surface area (Å²) in [6, 6.07) is 0. The number of benzene rings is 6. The molecule has 80 heavy (non-hydrogen) atoms. The second-order valence-electron chi connectivity index (χ2n) is 14.5. The van der Waals surface area contributed by atoms with E-state index in [1.807, 2.05) is 0 Å². The first kappa shape index (κ1) is 67.9. The molecule has 0 aliphatic carbocycles. The predicted molar refractivity (Wildman–Crippen MR) is 206 cm³/mol. The van der Waals surface area contributed by atoms with E-state index in [4.69, 9.17) is 9.47 Å². The predicted octanol–water partition coefficient (Wildman–Crippen LogP) is 17.8. The van der Waals surface area contributed by atoms with Crippen LogP contribution in [0.15, 0.2) is 0 Å². The number of hydrogen-bond donors (Lipinski definition) is 0. The molecule has 0 spiro atoms. The van der Waals surface area contributed by atoms with Crippen LogP contribution in [0.4, 0.5) is 166 Å². The van der Waals surface area contributed by atoms with E-state index in [-0.39, 0.29) is 31.1 Å². The van der Waals surface area contributed by atoms with E-state index in [9.17, 15) is 132 Å². The Balaban J connectivity index is 0.000000286. The van der Waals surface area contributed by atoms with Gasteiger partial charge in [-0.25, -0.2) is 132 Å². The largest absolute Gasteiger partial charge is 3.00 e. The van der Waals surface area contributed by atoms with Gasteiger partial charge in [0.25, 0.3) is 0 Å². The molecule has 0 amide bonds. The summed E-state index contributed by atoms with van der Waals surface area (Å²) in [5, 5.41) is 7.11. The summed E-state index contributed by atoms with van der Waals surface area (Å²) >= 11 is 0. The summed E-state index contributed by atoms with van der Waals surface area (Å²) in [6.07, 6.45) is 5.11. The van der Waals surface area contributed by atoms with E-state index in [0.29, 0.717) is 0 Å². The minimum absolute atomic E-state index is 0. The molecule has 0 bridgehead atoms. The third-order valence-corrected chi connectivity index (χ3v) is 9.45. The van der Waals surface area contributed by atoms with Gasteiger partial charge in [-0.05, 0) is 25.7 Å². The summed E-state index contributed by atoms with van der Waals surface area (Å²) in [4.78, 5) is 0. The molecule has 0 N–H and O–H groups in total. The van der Waals surface area contributed by atoms with Crippen molar-refractivity contribution in [3.63, 3.8) is 0 Å². The Labute approximate surface area is 447 Å². The number of halogens is 30. The van der Waals surface area contributed by atoms with Crippen molar-refractivity contribution >= 4 is 34.1 Å². The molecule has 0 unspecified atom stereocenters. The summed E-state index contributed by atoms with van der Waals surface area (Å²) < 4.78 is 401. The molecule has 6 aromatic carbocycles. The van der Waals surface area contributed by atoms with Crippen LogP contribution in [-0.2, 0) is 9.47 Å². The van der Waals surface area contributed by atoms with E-state index in [1.165, 1.54) is 25.7 Å². The van der Waals surface area contributed by atoms with Gasteiger partial charge in [0, 0.05) is 26.4 Å². The average Bonchev–Trinajstić information content (AvgIpc) is 4.25. The Bertz CT molecular complexity index is 2580. The van der Waals surface area contributed by atoms with Crippen LogP contribution in [0, 0.1) is 206 Å². The van der Waals surface area contributed by atoms with Gasteiger partial charge in [-0.2, -0.15) is 0 Å². The summed E-state index contributed by atoms with van der Waals surface area (Å²) in [5.74, 6) is -76.9. The molecule has 8 rings (SSSR count). The molecule has 36 heteroatoms. The van der Waals surface area contributed by atoms with Gasteiger partial charge < -0.3 is 25.4 Å². The van der Waals surface area contributed by atoms with E-state index in [0.717, 1.165) is 26.4 Å². The van der Waals surface area contributed by atoms with Crippen LogP contribution in [0.2, 0.25) is 0 Å². The van der Waals surface area contributed by atoms with Crippen molar-refractivity contribution in [3.05, 3.63) is 190 Å². The van der Waals surface area contributed by atoms with Crippen molar-refractivity contribution in [3.8, 4) is 0 Å². The number of nitrogens with zero attached hydrogens (tertiary/aromatic N) is 3. The first-order chi connectivity index (χ1) is 36.8. The molecular weight excluding hydrogens is 1410 g/mol. The maximum Gasteiger partial charge on any atom is 3.00 e. The maximum absolute atomic E-state index is 13.3. The fourth-order valence-electron chi connectivity index (χ4n) is 5.50. The zero-order valence-electron chi connectivity index (χ0n) is 37.7. The molecule has 0 saturated carbocycles. The Morgan fingerprint density at radius 1 is 0.163 bits per heavy atom. The third kappa shape index (κ3) is 14.0. The summed E-state index contributed by atoms with van der Waals surface area (Å²) in [7, 11) is 0. The Hall–Kier alpha value is -6.41. The monoisotopic (exact) mass is 1430 g/mol. The van der Waals surface area contributed by atoms with Crippen LogP contribution in [0.5, 0.6) is 0 Å². The normalized spacial score (nSPS) is 12.5. The molecule has 6 aromatic rings. The van der Waals surface area contributed by atoms with Crippen molar-refractivity contribution < 1.29 is 172 Å². The first-order valence-corrected chi connectivity index (χ1v) is 20.2. The van der Waals surface area contributed by atoms with Gasteiger partial charge in [0.15, 0.2) is 105 Å². The molecule has 2 saturated heterocycles. The second kappa shape index (κ2) is 28.3. The van der Waals surface area contributed by atoms with E-state index < -0.39 is 209 Å². The van der Waals surface area contributed by atoms with E-state index >= 15 is 0 Å². The molecule has 5 nitrogen and oxygen atoms in total. The van der Waals surface area contributed by atoms with E-state index in [2.05, 4.69) is 16.0 Å². The molecule has 2 aliphatic rings. The van der Waals surface area contributed by atoms with Gasteiger partial charge in [-0.3, -0.25) is 0 Å². The molecule has 0 aromatic heterocycles. The van der Waals surface area contributed by atoms with Gasteiger partial charge >= 0.3 is 31.1 Å². The summed E-state index contributed by atoms with van der Waals surface area (Å²) in [5.41, 5.74) is -12.6. The van der Waals surface area contributed by atoms with Crippen LogP contribution in [0.1, 0.15) is 25.7 Å². The molecule has 433 valence electrons. The topological polar surface area (TPSA) is 60.8 Å². The van der Waals surface area contributed by atoms with Gasteiger partial charge in [0.1, 0.15) is 69.8 Å².